The van der Waals surface area contributed by atoms with Crippen molar-refractivity contribution < 1.29 is 27.6 Å². The summed E-state index contributed by atoms with van der Waals surface area (Å²) in [6.07, 6.45) is 3.87. The Morgan fingerprint density at radius 1 is 1.03 bits per heavy atom. The Labute approximate surface area is 226 Å². The number of imide groups is 1. The predicted molar refractivity (Wildman–Crippen MR) is 139 cm³/mol. The monoisotopic (exact) mass is 546 g/mol. The maximum absolute atomic E-state index is 13.4. The van der Waals surface area contributed by atoms with Gasteiger partial charge in [-0.1, -0.05) is 18.9 Å². The zero-order chi connectivity index (χ0) is 27.4. The molecule has 1 aromatic rings. The van der Waals surface area contributed by atoms with Crippen LogP contribution in [0.25, 0.3) is 0 Å². The van der Waals surface area contributed by atoms with Crippen LogP contribution in [-0.2, 0) is 16.1 Å². The van der Waals surface area contributed by atoms with Crippen molar-refractivity contribution in [2.45, 2.75) is 101 Å². The number of carbonyl (C=O) groups excluding carboxylic acids is 3. The number of amides is 3. The van der Waals surface area contributed by atoms with Gasteiger partial charge in [0.15, 0.2) is 0 Å². The zero-order valence-corrected chi connectivity index (χ0v) is 22.2. The Morgan fingerprint density at radius 2 is 1.77 bits per heavy atom. The van der Waals surface area contributed by atoms with Gasteiger partial charge in [-0.3, -0.25) is 19.7 Å². The van der Waals surface area contributed by atoms with Gasteiger partial charge in [0.2, 0.25) is 11.8 Å². The Bertz CT molecular complexity index is 1140. The van der Waals surface area contributed by atoms with Crippen LogP contribution in [-0.4, -0.2) is 60.0 Å². The summed E-state index contributed by atoms with van der Waals surface area (Å²) in [5.41, 5.74) is 1.06. The lowest BCUT2D eigenvalue weighted by atomic mass is 9.88. The third-order valence-electron chi connectivity index (χ3n) is 9.66. The number of fused-ring (bicyclic) bond motifs is 1. The Morgan fingerprint density at radius 3 is 2.41 bits per heavy atom. The van der Waals surface area contributed by atoms with Gasteiger partial charge in [-0.2, -0.15) is 13.2 Å². The summed E-state index contributed by atoms with van der Waals surface area (Å²) in [4.78, 5) is 41.6. The maximum atomic E-state index is 13.4. The summed E-state index contributed by atoms with van der Waals surface area (Å²) in [7, 11) is 0. The van der Waals surface area contributed by atoms with E-state index in [1.54, 1.807) is 4.90 Å². The number of halogens is 3. The van der Waals surface area contributed by atoms with E-state index in [9.17, 15) is 27.6 Å². The topological polar surface area (TPSA) is 81.8 Å². The molecule has 3 aliphatic carbocycles. The molecule has 0 aromatic heterocycles. The first-order chi connectivity index (χ1) is 18.6. The van der Waals surface area contributed by atoms with Crippen molar-refractivity contribution in [2.24, 2.45) is 11.3 Å². The van der Waals surface area contributed by atoms with Gasteiger partial charge in [-0.05, 0) is 69.4 Å². The number of benzene rings is 1. The van der Waals surface area contributed by atoms with Crippen LogP contribution in [0.3, 0.4) is 0 Å². The van der Waals surface area contributed by atoms with Crippen LogP contribution in [0, 0.1) is 11.3 Å². The highest BCUT2D eigenvalue weighted by Crippen LogP contribution is 2.57. The molecule has 4 fully saturated rings. The number of carbonyl (C=O) groups is 3. The molecular weight excluding hydrogens is 509 g/mol. The molecule has 3 amide bonds. The van der Waals surface area contributed by atoms with E-state index in [1.165, 1.54) is 12.8 Å². The van der Waals surface area contributed by atoms with E-state index in [4.69, 9.17) is 0 Å². The van der Waals surface area contributed by atoms with Crippen molar-refractivity contribution in [1.29, 1.82) is 0 Å². The van der Waals surface area contributed by atoms with Crippen LogP contribution < -0.4 is 15.5 Å². The quantitative estimate of drug-likeness (QED) is 0.452. The molecule has 2 N–H and O–H groups in total. The molecule has 1 unspecified atom stereocenters. The van der Waals surface area contributed by atoms with Gasteiger partial charge in [0.05, 0.1) is 5.41 Å². The second kappa shape index (κ2) is 10.1. The highest BCUT2D eigenvalue weighted by atomic mass is 19.4. The average molecular weight is 547 g/mol. The van der Waals surface area contributed by atoms with Crippen molar-refractivity contribution in [3.8, 4) is 0 Å². The molecule has 1 saturated heterocycles. The molecule has 1 atom stereocenters. The van der Waals surface area contributed by atoms with Gasteiger partial charge < -0.3 is 15.1 Å². The first-order valence-corrected chi connectivity index (χ1v) is 14.5. The molecule has 0 radical (unpaired) electrons. The number of nitrogens with zero attached hydrogens (tertiary/aromatic N) is 2. The molecule has 39 heavy (non-hydrogen) atoms. The number of anilines is 1. The second-order valence-corrected chi connectivity index (χ2v) is 12.3. The predicted octanol–water partition coefficient (Wildman–Crippen LogP) is 4.30. The fourth-order valence-corrected chi connectivity index (χ4v) is 6.71. The largest absolute Gasteiger partial charge is 0.395 e. The fourth-order valence-electron chi connectivity index (χ4n) is 6.71. The van der Waals surface area contributed by atoms with E-state index in [0.717, 1.165) is 55.8 Å². The molecule has 1 aromatic carbocycles. The van der Waals surface area contributed by atoms with Crippen LogP contribution in [0.2, 0.25) is 0 Å². The number of hydrogen-bond donors (Lipinski definition) is 2. The highest BCUT2D eigenvalue weighted by molar-refractivity contribution is 6.06. The molecule has 0 bridgehead atoms. The summed E-state index contributed by atoms with van der Waals surface area (Å²) in [6, 6.07) is 5.49. The lowest BCUT2D eigenvalue weighted by Gasteiger charge is -2.40. The minimum absolute atomic E-state index is 0.0156. The van der Waals surface area contributed by atoms with Crippen molar-refractivity contribution in [3.63, 3.8) is 0 Å². The van der Waals surface area contributed by atoms with Crippen molar-refractivity contribution in [1.82, 2.24) is 15.5 Å². The summed E-state index contributed by atoms with van der Waals surface area (Å²) in [5, 5.41) is 5.60. The third kappa shape index (κ3) is 5.28. The van der Waals surface area contributed by atoms with Gasteiger partial charge in [0.25, 0.3) is 5.91 Å². The van der Waals surface area contributed by atoms with Crippen LogP contribution in [0.15, 0.2) is 18.2 Å². The van der Waals surface area contributed by atoms with Gasteiger partial charge in [0.1, 0.15) is 6.04 Å². The van der Waals surface area contributed by atoms with E-state index in [2.05, 4.69) is 21.6 Å². The summed E-state index contributed by atoms with van der Waals surface area (Å²) < 4.78 is 40.1. The smallest absolute Gasteiger partial charge is 0.368 e. The molecule has 2 aliphatic heterocycles. The third-order valence-corrected chi connectivity index (χ3v) is 9.66. The lowest BCUT2D eigenvalue weighted by Crippen LogP contribution is -2.52. The summed E-state index contributed by atoms with van der Waals surface area (Å²) in [5.74, 6) is -0.150. The molecule has 5 aliphatic rings. The van der Waals surface area contributed by atoms with E-state index in [0.29, 0.717) is 18.5 Å². The van der Waals surface area contributed by atoms with E-state index in [1.807, 2.05) is 12.1 Å². The van der Waals surface area contributed by atoms with Crippen LogP contribution in [0.4, 0.5) is 18.9 Å². The van der Waals surface area contributed by atoms with Gasteiger partial charge in [0, 0.05) is 55.0 Å². The first kappa shape index (κ1) is 26.6. The fraction of sp³-hybridized carbons (Fsp3) is 0.690. The number of alkyl halides is 3. The highest BCUT2D eigenvalue weighted by Gasteiger charge is 2.62. The molecule has 10 heteroatoms. The SMILES string of the molecule is O=C1CCC(N2Cc3c(cccc3N(CCC3CC3)C3CCC(NCC4(C(F)(F)F)CC4)CC3)C2=O)C(=O)N1. The minimum Gasteiger partial charge on any atom is -0.368 e. The second-order valence-electron chi connectivity index (χ2n) is 12.3. The van der Waals surface area contributed by atoms with Gasteiger partial charge in [-0.25, -0.2) is 0 Å². The van der Waals surface area contributed by atoms with E-state index >= 15 is 0 Å². The number of piperidine rings is 1. The molecule has 212 valence electrons. The number of rotatable bonds is 9. The van der Waals surface area contributed by atoms with Gasteiger partial charge >= 0.3 is 6.18 Å². The molecule has 0 spiro atoms. The van der Waals surface area contributed by atoms with Crippen molar-refractivity contribution >= 4 is 23.4 Å². The maximum Gasteiger partial charge on any atom is 0.395 e. The van der Waals surface area contributed by atoms with E-state index in [-0.39, 0.29) is 49.7 Å². The number of nitrogens with one attached hydrogen (secondary N) is 2. The minimum atomic E-state index is -4.14. The molecule has 7 nitrogen and oxygen atoms in total. The molecule has 2 heterocycles. The Hall–Kier alpha value is -2.62. The van der Waals surface area contributed by atoms with Gasteiger partial charge in [-0.15, -0.1) is 0 Å². The van der Waals surface area contributed by atoms with Crippen LogP contribution in [0.5, 0.6) is 0 Å². The Kier molecular flexibility index (Phi) is 6.88. The standard InChI is InChI=1S/C29H37F3N4O3/c30-29(31,32)28(13-14-28)17-33-19-6-8-20(9-7-19)35(15-12-18-4-5-18)23-3-1-2-21-22(23)16-36(27(21)39)24-10-11-25(37)34-26(24)38/h1-3,18-20,24,33H,4-17H2,(H,34,37,38). The van der Waals surface area contributed by atoms with Crippen LogP contribution >= 0.6 is 0 Å². The van der Waals surface area contributed by atoms with Crippen molar-refractivity contribution in [2.75, 3.05) is 18.0 Å². The van der Waals surface area contributed by atoms with E-state index < -0.39 is 23.5 Å². The molecule has 3 saturated carbocycles. The molecular formula is C29H37F3N4O3. The summed E-state index contributed by atoms with van der Waals surface area (Å²) in [6.45, 7) is 1.24. The molecule has 6 rings (SSSR count). The Balaban J connectivity index is 1.16. The zero-order valence-electron chi connectivity index (χ0n) is 22.2. The van der Waals surface area contributed by atoms with Crippen molar-refractivity contribution in [3.05, 3.63) is 29.3 Å². The first-order valence-electron chi connectivity index (χ1n) is 14.5. The van der Waals surface area contributed by atoms with Crippen LogP contribution in [0.1, 0.15) is 86.6 Å². The lowest BCUT2D eigenvalue weighted by molar-refractivity contribution is -0.186. The number of hydrogen-bond acceptors (Lipinski definition) is 5. The summed E-state index contributed by atoms with van der Waals surface area (Å²) >= 11 is 0. The average Bonchev–Trinajstić information content (AvgIpc) is 3.83. The normalized spacial score (nSPS) is 28.3.